The summed E-state index contributed by atoms with van der Waals surface area (Å²) in [6, 6.07) is 0. The predicted molar refractivity (Wildman–Crippen MR) is 91.8 cm³/mol. The molecule has 0 aromatic carbocycles. The Kier molecular flexibility index (Phi) is 7.66. The third kappa shape index (κ3) is 4.69. The first-order chi connectivity index (χ1) is 10.7. The number of likely N-dealkylation sites (N-methyl/N-ethyl adjacent to an activating group) is 1. The summed E-state index contributed by atoms with van der Waals surface area (Å²) in [6.07, 6.45) is 13.5. The molecule has 1 atom stereocenters. The Labute approximate surface area is 137 Å². The lowest BCUT2D eigenvalue weighted by Gasteiger charge is -2.48. The van der Waals surface area contributed by atoms with E-state index in [1.165, 1.54) is 70.6 Å². The molecular formula is C19H37NO2. The van der Waals surface area contributed by atoms with Gasteiger partial charge in [-0.3, -0.25) is 0 Å². The van der Waals surface area contributed by atoms with Gasteiger partial charge in [0.15, 0.2) is 6.29 Å². The molecule has 1 N–H and O–H groups in total. The van der Waals surface area contributed by atoms with Gasteiger partial charge >= 0.3 is 0 Å². The summed E-state index contributed by atoms with van der Waals surface area (Å²) >= 11 is 0. The van der Waals surface area contributed by atoms with Crippen LogP contribution in [0.3, 0.4) is 0 Å². The molecule has 3 heteroatoms. The highest BCUT2D eigenvalue weighted by molar-refractivity contribution is 4.92. The fourth-order valence-electron chi connectivity index (χ4n) is 4.72. The molecule has 3 nitrogen and oxygen atoms in total. The summed E-state index contributed by atoms with van der Waals surface area (Å²) in [5, 5.41) is 10.9. The lowest BCUT2D eigenvalue weighted by atomic mass is 9.61. The van der Waals surface area contributed by atoms with Crippen molar-refractivity contribution >= 4 is 0 Å². The van der Waals surface area contributed by atoms with Crippen LogP contribution in [-0.2, 0) is 4.74 Å². The molecule has 22 heavy (non-hydrogen) atoms. The van der Waals surface area contributed by atoms with Crippen LogP contribution in [0.1, 0.15) is 77.6 Å². The first-order valence-corrected chi connectivity index (χ1v) is 9.67. The lowest BCUT2D eigenvalue weighted by molar-refractivity contribution is -0.209. The standard InChI is InChI=1S/C19H37NO2/c1-3-14-20(2)15-16-22-18(21)19(12-8-5-9-13-19)17-10-6-4-7-11-17/h17-18,21H,3-16H2,1-2H3. The Bertz CT molecular complexity index is 296. The number of aliphatic hydroxyl groups is 1. The van der Waals surface area contributed by atoms with E-state index in [-0.39, 0.29) is 5.41 Å². The van der Waals surface area contributed by atoms with Gasteiger partial charge < -0.3 is 14.7 Å². The number of hydrogen-bond donors (Lipinski definition) is 1. The number of ether oxygens (including phenoxy) is 1. The summed E-state index contributed by atoms with van der Waals surface area (Å²) in [5.74, 6) is 0.685. The zero-order valence-corrected chi connectivity index (χ0v) is 14.9. The molecule has 0 amide bonds. The minimum absolute atomic E-state index is 0.0575. The Hall–Kier alpha value is -0.120. The summed E-state index contributed by atoms with van der Waals surface area (Å²) in [6.45, 7) is 4.89. The molecule has 0 aromatic rings. The van der Waals surface area contributed by atoms with Crippen LogP contribution in [0.15, 0.2) is 0 Å². The van der Waals surface area contributed by atoms with Crippen LogP contribution >= 0.6 is 0 Å². The van der Waals surface area contributed by atoms with Gasteiger partial charge in [0.05, 0.1) is 6.61 Å². The summed E-state index contributed by atoms with van der Waals surface area (Å²) in [7, 11) is 2.14. The molecule has 0 spiro atoms. The van der Waals surface area contributed by atoms with Crippen LogP contribution in [-0.4, -0.2) is 43.0 Å². The molecule has 130 valence electrons. The average Bonchev–Trinajstić information content (AvgIpc) is 2.56. The van der Waals surface area contributed by atoms with Gasteiger partial charge in [0.1, 0.15) is 0 Å². The molecule has 0 aromatic heterocycles. The third-order valence-corrected chi connectivity index (χ3v) is 6.05. The molecule has 0 radical (unpaired) electrons. The number of rotatable bonds is 8. The molecule has 2 fully saturated rings. The fourth-order valence-corrected chi connectivity index (χ4v) is 4.72. The van der Waals surface area contributed by atoms with E-state index in [2.05, 4.69) is 18.9 Å². The molecule has 1 unspecified atom stereocenters. The maximum absolute atomic E-state index is 10.9. The number of aliphatic hydroxyl groups excluding tert-OH is 1. The van der Waals surface area contributed by atoms with Crippen molar-refractivity contribution in [3.05, 3.63) is 0 Å². The van der Waals surface area contributed by atoms with Crippen LogP contribution < -0.4 is 0 Å². The van der Waals surface area contributed by atoms with Crippen LogP contribution in [0.4, 0.5) is 0 Å². The van der Waals surface area contributed by atoms with Crippen LogP contribution in [0.5, 0.6) is 0 Å². The Balaban J connectivity index is 1.89. The molecule has 0 aliphatic heterocycles. The Morgan fingerprint density at radius 3 is 2.32 bits per heavy atom. The van der Waals surface area contributed by atoms with Crippen molar-refractivity contribution in [2.75, 3.05) is 26.7 Å². The van der Waals surface area contributed by atoms with Crippen molar-refractivity contribution < 1.29 is 9.84 Å². The van der Waals surface area contributed by atoms with Crippen molar-refractivity contribution in [3.63, 3.8) is 0 Å². The van der Waals surface area contributed by atoms with E-state index in [4.69, 9.17) is 4.74 Å². The molecule has 2 aliphatic rings. The highest BCUT2D eigenvalue weighted by Gasteiger charge is 2.46. The van der Waals surface area contributed by atoms with Crippen molar-refractivity contribution in [2.24, 2.45) is 11.3 Å². The average molecular weight is 312 g/mol. The van der Waals surface area contributed by atoms with E-state index in [0.29, 0.717) is 12.5 Å². The molecule has 2 saturated carbocycles. The third-order valence-electron chi connectivity index (χ3n) is 6.05. The normalized spacial score (nSPS) is 24.5. The van der Waals surface area contributed by atoms with Gasteiger partial charge in [-0.25, -0.2) is 0 Å². The molecule has 0 bridgehead atoms. The van der Waals surface area contributed by atoms with Crippen molar-refractivity contribution in [3.8, 4) is 0 Å². The maximum Gasteiger partial charge on any atom is 0.160 e. The highest BCUT2D eigenvalue weighted by Crippen LogP contribution is 2.50. The van der Waals surface area contributed by atoms with Crippen molar-refractivity contribution in [1.82, 2.24) is 4.90 Å². The zero-order valence-electron chi connectivity index (χ0n) is 14.9. The summed E-state index contributed by atoms with van der Waals surface area (Å²) in [4.78, 5) is 2.29. The van der Waals surface area contributed by atoms with E-state index in [1.807, 2.05) is 0 Å². The van der Waals surface area contributed by atoms with Crippen LogP contribution in [0.25, 0.3) is 0 Å². The number of nitrogens with zero attached hydrogens (tertiary/aromatic N) is 1. The van der Waals surface area contributed by atoms with Crippen molar-refractivity contribution in [1.29, 1.82) is 0 Å². The van der Waals surface area contributed by atoms with Gasteiger partial charge in [-0.05, 0) is 51.6 Å². The first-order valence-electron chi connectivity index (χ1n) is 9.67. The monoisotopic (exact) mass is 311 g/mol. The van der Waals surface area contributed by atoms with Gasteiger partial charge in [0.25, 0.3) is 0 Å². The highest BCUT2D eigenvalue weighted by atomic mass is 16.6. The minimum atomic E-state index is -0.550. The Morgan fingerprint density at radius 1 is 1.05 bits per heavy atom. The minimum Gasteiger partial charge on any atom is -0.367 e. The largest absolute Gasteiger partial charge is 0.367 e. The molecule has 0 heterocycles. The second-order valence-corrected chi connectivity index (χ2v) is 7.66. The van der Waals surface area contributed by atoms with Crippen LogP contribution in [0.2, 0.25) is 0 Å². The van der Waals surface area contributed by atoms with Crippen LogP contribution in [0, 0.1) is 11.3 Å². The number of hydrogen-bond acceptors (Lipinski definition) is 3. The lowest BCUT2D eigenvalue weighted by Crippen LogP contribution is -2.46. The van der Waals surface area contributed by atoms with E-state index < -0.39 is 6.29 Å². The molecular weight excluding hydrogens is 274 g/mol. The van der Waals surface area contributed by atoms with Gasteiger partial charge in [0, 0.05) is 12.0 Å². The SMILES string of the molecule is CCCN(C)CCOC(O)C1(C2CCCCC2)CCCCC1. The second kappa shape index (κ2) is 9.24. The first kappa shape index (κ1) is 18.2. The smallest absolute Gasteiger partial charge is 0.160 e. The predicted octanol–water partition coefficient (Wildman–Crippen LogP) is 4.19. The van der Waals surface area contributed by atoms with Gasteiger partial charge in [-0.1, -0.05) is 45.4 Å². The van der Waals surface area contributed by atoms with E-state index in [1.54, 1.807) is 0 Å². The maximum atomic E-state index is 10.9. The Morgan fingerprint density at radius 2 is 1.68 bits per heavy atom. The summed E-state index contributed by atoms with van der Waals surface area (Å²) < 4.78 is 5.97. The topological polar surface area (TPSA) is 32.7 Å². The van der Waals surface area contributed by atoms with Gasteiger partial charge in [-0.2, -0.15) is 0 Å². The second-order valence-electron chi connectivity index (χ2n) is 7.66. The van der Waals surface area contributed by atoms with E-state index in [0.717, 1.165) is 13.1 Å². The summed E-state index contributed by atoms with van der Waals surface area (Å²) in [5.41, 5.74) is 0.0575. The van der Waals surface area contributed by atoms with Gasteiger partial charge in [0.2, 0.25) is 0 Å². The molecule has 2 rings (SSSR count). The molecule has 0 saturated heterocycles. The van der Waals surface area contributed by atoms with E-state index in [9.17, 15) is 5.11 Å². The van der Waals surface area contributed by atoms with E-state index >= 15 is 0 Å². The molecule has 2 aliphatic carbocycles. The quantitative estimate of drug-likeness (QED) is 0.682. The van der Waals surface area contributed by atoms with Crippen molar-refractivity contribution in [2.45, 2.75) is 83.8 Å². The van der Waals surface area contributed by atoms with Gasteiger partial charge in [-0.15, -0.1) is 0 Å². The zero-order chi connectivity index (χ0) is 15.8. The fraction of sp³-hybridized carbons (Fsp3) is 1.00.